The topological polar surface area (TPSA) is 89.3 Å². The van der Waals surface area contributed by atoms with E-state index < -0.39 is 15.8 Å². The van der Waals surface area contributed by atoms with Crippen LogP contribution in [0.25, 0.3) is 10.9 Å². The minimum atomic E-state index is -3.41. The van der Waals surface area contributed by atoms with E-state index in [0.29, 0.717) is 5.39 Å². The van der Waals surface area contributed by atoms with Crippen molar-refractivity contribution in [2.45, 2.75) is 36.8 Å². The molecule has 1 aliphatic heterocycles. The third kappa shape index (κ3) is 2.42. The van der Waals surface area contributed by atoms with E-state index in [1.54, 1.807) is 12.1 Å². The van der Waals surface area contributed by atoms with Crippen molar-refractivity contribution in [3.05, 3.63) is 24.0 Å². The normalized spacial score (nSPS) is 18.6. The zero-order valence-electron chi connectivity index (χ0n) is 11.6. The van der Waals surface area contributed by atoms with E-state index in [2.05, 4.69) is 4.98 Å². The molecule has 1 atom stereocenters. The molecule has 1 aliphatic rings. The molecule has 1 unspecified atom stereocenters. The largest absolute Gasteiger partial charge is 0.481 e. The van der Waals surface area contributed by atoms with Gasteiger partial charge in [0.25, 0.3) is 0 Å². The molecule has 0 saturated heterocycles. The van der Waals surface area contributed by atoms with Gasteiger partial charge in [0.2, 0.25) is 0 Å². The van der Waals surface area contributed by atoms with Crippen LogP contribution in [0, 0.1) is 0 Å². The van der Waals surface area contributed by atoms with Crippen molar-refractivity contribution in [3.63, 3.8) is 0 Å². The highest BCUT2D eigenvalue weighted by Gasteiger charge is 2.26. The summed E-state index contributed by atoms with van der Waals surface area (Å²) in [5, 5.41) is 9.69. The lowest BCUT2D eigenvalue weighted by Crippen LogP contribution is -2.17. The summed E-state index contributed by atoms with van der Waals surface area (Å²) >= 11 is 0. The van der Waals surface area contributed by atoms with Crippen molar-refractivity contribution in [1.82, 2.24) is 9.55 Å². The smallest absolute Gasteiger partial charge is 0.304 e. The SMILES string of the molecule is CS(=O)(=O)c1nccc2c1cc1n2CCCC1CC(=O)O. The molecule has 0 saturated carbocycles. The van der Waals surface area contributed by atoms with E-state index in [1.807, 2.05) is 4.57 Å². The minimum Gasteiger partial charge on any atom is -0.481 e. The molecule has 1 N–H and O–H groups in total. The first kappa shape index (κ1) is 14.1. The molecule has 0 fully saturated rings. The zero-order chi connectivity index (χ0) is 15.2. The summed E-state index contributed by atoms with van der Waals surface area (Å²) in [5.74, 6) is -0.906. The maximum absolute atomic E-state index is 11.9. The van der Waals surface area contributed by atoms with Crippen molar-refractivity contribution in [2.75, 3.05) is 6.26 Å². The van der Waals surface area contributed by atoms with Crippen LogP contribution >= 0.6 is 0 Å². The average molecular weight is 308 g/mol. The Morgan fingerprint density at radius 1 is 1.52 bits per heavy atom. The van der Waals surface area contributed by atoms with Crippen LogP contribution in [0.3, 0.4) is 0 Å². The van der Waals surface area contributed by atoms with E-state index in [0.717, 1.165) is 36.9 Å². The van der Waals surface area contributed by atoms with Gasteiger partial charge >= 0.3 is 5.97 Å². The molecule has 3 rings (SSSR count). The Morgan fingerprint density at radius 2 is 2.29 bits per heavy atom. The van der Waals surface area contributed by atoms with Gasteiger partial charge in [0.1, 0.15) is 0 Å². The summed E-state index contributed by atoms with van der Waals surface area (Å²) < 4.78 is 25.7. The number of aryl methyl sites for hydroxylation is 1. The number of carbonyl (C=O) groups is 1. The van der Waals surface area contributed by atoms with Crippen LogP contribution in [-0.4, -0.2) is 35.3 Å². The number of carboxylic acid groups (broad SMARTS) is 1. The second-order valence-corrected chi connectivity index (χ2v) is 7.41. The van der Waals surface area contributed by atoms with Gasteiger partial charge in [0.15, 0.2) is 14.9 Å². The highest BCUT2D eigenvalue weighted by atomic mass is 32.2. The molecular formula is C14H16N2O4S. The van der Waals surface area contributed by atoms with Crippen LogP contribution in [-0.2, 0) is 21.2 Å². The van der Waals surface area contributed by atoms with Crippen LogP contribution in [0.2, 0.25) is 0 Å². The van der Waals surface area contributed by atoms with Crippen molar-refractivity contribution in [3.8, 4) is 0 Å². The maximum Gasteiger partial charge on any atom is 0.304 e. The first-order valence-corrected chi connectivity index (χ1v) is 8.67. The fourth-order valence-corrected chi connectivity index (χ4v) is 3.94. The second kappa shape index (κ2) is 4.84. The Morgan fingerprint density at radius 3 is 2.95 bits per heavy atom. The molecule has 112 valence electrons. The van der Waals surface area contributed by atoms with Crippen molar-refractivity contribution < 1.29 is 18.3 Å². The lowest BCUT2D eigenvalue weighted by molar-refractivity contribution is -0.137. The third-order valence-electron chi connectivity index (χ3n) is 3.95. The molecule has 0 bridgehead atoms. The minimum absolute atomic E-state index is 0.0657. The molecule has 0 radical (unpaired) electrons. The fraction of sp³-hybridized carbons (Fsp3) is 0.429. The molecule has 0 aromatic carbocycles. The predicted octanol–water partition coefficient (Wildman–Crippen LogP) is 1.79. The number of hydrogen-bond donors (Lipinski definition) is 1. The van der Waals surface area contributed by atoms with Crippen LogP contribution < -0.4 is 0 Å². The number of nitrogens with zero attached hydrogens (tertiary/aromatic N) is 2. The van der Waals surface area contributed by atoms with E-state index >= 15 is 0 Å². The van der Waals surface area contributed by atoms with Crippen molar-refractivity contribution >= 4 is 26.7 Å². The number of pyridine rings is 1. The van der Waals surface area contributed by atoms with Gasteiger partial charge in [-0.2, -0.15) is 0 Å². The van der Waals surface area contributed by atoms with Gasteiger partial charge in [-0.1, -0.05) is 0 Å². The number of hydrogen-bond acceptors (Lipinski definition) is 4. The van der Waals surface area contributed by atoms with Gasteiger partial charge in [0.05, 0.1) is 11.9 Å². The summed E-state index contributed by atoms with van der Waals surface area (Å²) in [6, 6.07) is 3.59. The molecule has 7 heteroatoms. The molecule has 21 heavy (non-hydrogen) atoms. The van der Waals surface area contributed by atoms with Gasteiger partial charge in [-0.05, 0) is 25.0 Å². The summed E-state index contributed by atoms with van der Waals surface area (Å²) in [6.07, 6.45) is 4.40. The van der Waals surface area contributed by atoms with Gasteiger partial charge in [-0.15, -0.1) is 0 Å². The first-order chi connectivity index (χ1) is 9.88. The van der Waals surface area contributed by atoms with Gasteiger partial charge in [-0.3, -0.25) is 4.79 Å². The molecule has 3 heterocycles. The summed E-state index contributed by atoms with van der Waals surface area (Å²) in [7, 11) is -3.41. The lowest BCUT2D eigenvalue weighted by atomic mass is 9.93. The lowest BCUT2D eigenvalue weighted by Gasteiger charge is -2.24. The van der Waals surface area contributed by atoms with Crippen LogP contribution in [0.1, 0.15) is 30.9 Å². The van der Waals surface area contributed by atoms with E-state index in [-0.39, 0.29) is 17.4 Å². The summed E-state index contributed by atoms with van der Waals surface area (Å²) in [6.45, 7) is 0.780. The number of aliphatic carboxylic acids is 1. The van der Waals surface area contributed by atoms with Crippen molar-refractivity contribution in [2.24, 2.45) is 0 Å². The molecule has 0 aliphatic carbocycles. The number of rotatable bonds is 3. The highest BCUT2D eigenvalue weighted by Crippen LogP contribution is 2.36. The number of fused-ring (bicyclic) bond motifs is 3. The van der Waals surface area contributed by atoms with Crippen LogP contribution in [0.15, 0.2) is 23.4 Å². The van der Waals surface area contributed by atoms with Gasteiger partial charge in [-0.25, -0.2) is 13.4 Å². The maximum atomic E-state index is 11.9. The molecule has 6 nitrogen and oxygen atoms in total. The summed E-state index contributed by atoms with van der Waals surface area (Å²) in [5.41, 5.74) is 1.71. The molecular weight excluding hydrogens is 292 g/mol. The Bertz CT molecular complexity index is 823. The predicted molar refractivity (Wildman–Crippen MR) is 77.1 cm³/mol. The van der Waals surface area contributed by atoms with Gasteiger partial charge in [0, 0.05) is 36.0 Å². The quantitative estimate of drug-likeness (QED) is 0.933. The highest BCUT2D eigenvalue weighted by molar-refractivity contribution is 7.90. The summed E-state index contributed by atoms with van der Waals surface area (Å²) in [4.78, 5) is 15.0. The Balaban J connectivity index is 2.23. The average Bonchev–Trinajstić information content (AvgIpc) is 2.76. The molecule has 0 amide bonds. The molecule has 0 spiro atoms. The number of carboxylic acids is 1. The number of aromatic nitrogens is 2. The fourth-order valence-electron chi connectivity index (χ4n) is 3.12. The second-order valence-electron chi connectivity index (χ2n) is 5.48. The molecule has 2 aromatic rings. The van der Waals surface area contributed by atoms with Gasteiger partial charge < -0.3 is 9.67 Å². The molecule has 2 aromatic heterocycles. The Hall–Kier alpha value is -1.89. The number of sulfone groups is 1. The standard InChI is InChI=1S/C14H16N2O4S/c1-21(19,20)14-10-8-12-9(7-13(17)18)3-2-6-16(12)11(10)4-5-15-14/h4-5,8-9H,2-3,6-7H2,1H3,(H,17,18). The monoisotopic (exact) mass is 308 g/mol. The van der Waals surface area contributed by atoms with Crippen molar-refractivity contribution in [1.29, 1.82) is 0 Å². The zero-order valence-corrected chi connectivity index (χ0v) is 12.4. The Labute approximate surface area is 122 Å². The van der Waals surface area contributed by atoms with E-state index in [9.17, 15) is 13.2 Å². The first-order valence-electron chi connectivity index (χ1n) is 6.78. The van der Waals surface area contributed by atoms with Crippen LogP contribution in [0.5, 0.6) is 0 Å². The van der Waals surface area contributed by atoms with Crippen LogP contribution in [0.4, 0.5) is 0 Å². The third-order valence-corrected chi connectivity index (χ3v) is 4.98. The van der Waals surface area contributed by atoms with E-state index in [4.69, 9.17) is 5.11 Å². The Kier molecular flexibility index (Phi) is 3.24. The van der Waals surface area contributed by atoms with E-state index in [1.165, 1.54) is 6.20 Å².